The Morgan fingerprint density at radius 3 is 2.57 bits per heavy atom. The third-order valence-electron chi connectivity index (χ3n) is 1.72. The lowest BCUT2D eigenvalue weighted by Gasteiger charge is -2.00. The van der Waals surface area contributed by atoms with Crippen LogP contribution in [0.3, 0.4) is 0 Å². The highest BCUT2D eigenvalue weighted by atomic mass is 16.5. The van der Waals surface area contributed by atoms with Gasteiger partial charge in [-0.2, -0.15) is 0 Å². The van der Waals surface area contributed by atoms with E-state index in [1.54, 1.807) is 6.20 Å². The Morgan fingerprint density at radius 2 is 2.00 bits per heavy atom. The third kappa shape index (κ3) is 3.31. The number of esters is 1. The fourth-order valence-electron chi connectivity index (χ4n) is 0.924. The van der Waals surface area contributed by atoms with Gasteiger partial charge in [-0.3, -0.25) is 0 Å². The van der Waals surface area contributed by atoms with Gasteiger partial charge in [0.05, 0.1) is 7.11 Å². The maximum Gasteiger partial charge on any atom is 0.331 e. The molecule has 0 amide bonds. The number of rotatable bonds is 3. The van der Waals surface area contributed by atoms with Gasteiger partial charge in [0.1, 0.15) is 0 Å². The summed E-state index contributed by atoms with van der Waals surface area (Å²) in [4.78, 5) is 10.7. The monoisotopic (exact) mass is 191 g/mol. The molecule has 0 spiro atoms. The average Bonchev–Trinajstić information content (AvgIpc) is 2.21. The minimum atomic E-state index is -0.371. The Bertz CT molecular complexity index is 328. The van der Waals surface area contributed by atoms with Crippen molar-refractivity contribution in [2.24, 2.45) is 0 Å². The molecule has 0 saturated carbocycles. The molecule has 1 rings (SSSR count). The lowest BCUT2D eigenvalue weighted by Crippen LogP contribution is -1.96. The molecule has 0 aliphatic carbocycles. The molecule has 0 fully saturated rings. The molecule has 74 valence electrons. The van der Waals surface area contributed by atoms with Gasteiger partial charge in [-0.25, -0.2) is 4.79 Å². The van der Waals surface area contributed by atoms with Crippen molar-refractivity contribution in [2.75, 3.05) is 12.4 Å². The van der Waals surface area contributed by atoms with E-state index >= 15 is 0 Å². The van der Waals surface area contributed by atoms with Crippen LogP contribution in [0.2, 0.25) is 0 Å². The maximum absolute atomic E-state index is 10.7. The van der Waals surface area contributed by atoms with Gasteiger partial charge in [0, 0.05) is 18.0 Å². The molecule has 0 radical (unpaired) electrons. The van der Waals surface area contributed by atoms with Crippen LogP contribution in [0, 0.1) is 6.92 Å². The minimum Gasteiger partial charge on any atom is -0.466 e. The van der Waals surface area contributed by atoms with Crippen LogP contribution in [-0.4, -0.2) is 13.1 Å². The van der Waals surface area contributed by atoms with Crippen molar-refractivity contribution >= 4 is 11.7 Å². The molecule has 0 unspecified atom stereocenters. The van der Waals surface area contributed by atoms with Crippen molar-refractivity contribution < 1.29 is 9.53 Å². The zero-order valence-corrected chi connectivity index (χ0v) is 8.28. The first kappa shape index (κ1) is 10.3. The van der Waals surface area contributed by atoms with E-state index in [-0.39, 0.29) is 5.97 Å². The van der Waals surface area contributed by atoms with Crippen molar-refractivity contribution in [3.05, 3.63) is 42.1 Å². The second-order valence-corrected chi connectivity index (χ2v) is 2.87. The number of nitrogens with one attached hydrogen (secondary N) is 1. The molecule has 0 aromatic heterocycles. The van der Waals surface area contributed by atoms with Crippen LogP contribution in [0.1, 0.15) is 5.56 Å². The van der Waals surface area contributed by atoms with Crippen LogP contribution in [0.25, 0.3) is 0 Å². The summed E-state index contributed by atoms with van der Waals surface area (Å²) >= 11 is 0. The molecular formula is C11H13NO2. The maximum atomic E-state index is 10.7. The van der Waals surface area contributed by atoms with E-state index in [9.17, 15) is 4.79 Å². The Labute approximate surface area is 83.4 Å². The first-order valence-electron chi connectivity index (χ1n) is 4.30. The van der Waals surface area contributed by atoms with Crippen LogP contribution < -0.4 is 5.32 Å². The Kier molecular flexibility index (Phi) is 3.73. The molecule has 1 N–H and O–H groups in total. The highest BCUT2D eigenvalue weighted by Gasteiger charge is 1.90. The van der Waals surface area contributed by atoms with E-state index < -0.39 is 0 Å². The molecule has 14 heavy (non-hydrogen) atoms. The summed E-state index contributed by atoms with van der Waals surface area (Å²) in [5.41, 5.74) is 2.14. The molecule has 3 nitrogen and oxygen atoms in total. The van der Waals surface area contributed by atoms with E-state index in [4.69, 9.17) is 0 Å². The number of carbonyl (C=O) groups is 1. The van der Waals surface area contributed by atoms with Crippen molar-refractivity contribution in [3.63, 3.8) is 0 Å². The molecule has 3 heteroatoms. The van der Waals surface area contributed by atoms with Crippen molar-refractivity contribution in [2.45, 2.75) is 6.92 Å². The number of ether oxygens (including phenoxy) is 1. The lowest BCUT2D eigenvalue weighted by molar-refractivity contribution is -0.134. The van der Waals surface area contributed by atoms with E-state index in [0.29, 0.717) is 0 Å². The van der Waals surface area contributed by atoms with Gasteiger partial charge in [0.15, 0.2) is 0 Å². The molecule has 1 aromatic rings. The van der Waals surface area contributed by atoms with E-state index in [1.165, 1.54) is 18.7 Å². The second-order valence-electron chi connectivity index (χ2n) is 2.87. The van der Waals surface area contributed by atoms with Gasteiger partial charge in [-0.05, 0) is 19.1 Å². The van der Waals surface area contributed by atoms with Crippen LogP contribution in [0.15, 0.2) is 36.5 Å². The predicted octanol–water partition coefficient (Wildman–Crippen LogP) is 2.09. The minimum absolute atomic E-state index is 0.371. The number of carbonyl (C=O) groups excluding carboxylic acids is 1. The molecule has 0 atom stereocenters. The van der Waals surface area contributed by atoms with E-state index in [1.807, 2.05) is 31.2 Å². The highest BCUT2D eigenvalue weighted by molar-refractivity contribution is 5.82. The number of aryl methyl sites for hydroxylation is 1. The predicted molar refractivity (Wildman–Crippen MR) is 56.0 cm³/mol. The lowest BCUT2D eigenvalue weighted by atomic mass is 10.2. The van der Waals surface area contributed by atoms with E-state index in [0.717, 1.165) is 5.69 Å². The fourth-order valence-corrected chi connectivity index (χ4v) is 0.924. The number of anilines is 1. The summed E-state index contributed by atoms with van der Waals surface area (Å²) in [6.45, 7) is 2.02. The Morgan fingerprint density at radius 1 is 1.36 bits per heavy atom. The summed E-state index contributed by atoms with van der Waals surface area (Å²) < 4.78 is 4.44. The second kappa shape index (κ2) is 5.07. The number of methoxy groups -OCH3 is 1. The van der Waals surface area contributed by atoms with E-state index in [2.05, 4.69) is 10.1 Å². The quantitative estimate of drug-likeness (QED) is 0.587. The third-order valence-corrected chi connectivity index (χ3v) is 1.72. The molecule has 0 bridgehead atoms. The molecule has 0 aliphatic rings. The molecular weight excluding hydrogens is 178 g/mol. The zero-order valence-electron chi connectivity index (χ0n) is 8.28. The van der Waals surface area contributed by atoms with Crippen LogP contribution in [-0.2, 0) is 9.53 Å². The van der Waals surface area contributed by atoms with Gasteiger partial charge < -0.3 is 10.1 Å². The van der Waals surface area contributed by atoms with Gasteiger partial charge in [-0.1, -0.05) is 17.7 Å². The topological polar surface area (TPSA) is 38.3 Å². The zero-order chi connectivity index (χ0) is 10.4. The smallest absolute Gasteiger partial charge is 0.331 e. The fraction of sp³-hybridized carbons (Fsp3) is 0.182. The number of hydrogen-bond donors (Lipinski definition) is 1. The van der Waals surface area contributed by atoms with Gasteiger partial charge in [0.2, 0.25) is 0 Å². The molecule has 1 aromatic carbocycles. The van der Waals surface area contributed by atoms with Crippen LogP contribution >= 0.6 is 0 Å². The molecule has 0 heterocycles. The largest absolute Gasteiger partial charge is 0.466 e. The Hall–Kier alpha value is -1.77. The Balaban J connectivity index is 2.49. The van der Waals surface area contributed by atoms with Gasteiger partial charge >= 0.3 is 5.97 Å². The molecule has 0 aliphatic heterocycles. The SMILES string of the molecule is COC(=O)/C=C\Nc1ccc(C)cc1. The summed E-state index contributed by atoms with van der Waals surface area (Å²) in [5.74, 6) is -0.371. The summed E-state index contributed by atoms with van der Waals surface area (Å²) in [6, 6.07) is 7.87. The summed E-state index contributed by atoms with van der Waals surface area (Å²) in [5, 5.41) is 2.96. The highest BCUT2D eigenvalue weighted by Crippen LogP contribution is 2.07. The standard InChI is InChI=1S/C11H13NO2/c1-9-3-5-10(6-4-9)12-8-7-11(13)14-2/h3-8,12H,1-2H3/b8-7-. The number of benzene rings is 1. The van der Waals surface area contributed by atoms with Crippen molar-refractivity contribution in [3.8, 4) is 0 Å². The first-order chi connectivity index (χ1) is 6.72. The first-order valence-corrected chi connectivity index (χ1v) is 4.30. The van der Waals surface area contributed by atoms with Crippen molar-refractivity contribution in [1.82, 2.24) is 0 Å². The molecule has 0 saturated heterocycles. The van der Waals surface area contributed by atoms with Gasteiger partial charge in [-0.15, -0.1) is 0 Å². The normalized spacial score (nSPS) is 10.1. The van der Waals surface area contributed by atoms with Gasteiger partial charge in [0.25, 0.3) is 0 Å². The summed E-state index contributed by atoms with van der Waals surface area (Å²) in [6.07, 6.45) is 2.89. The number of hydrogen-bond acceptors (Lipinski definition) is 3. The summed E-state index contributed by atoms with van der Waals surface area (Å²) in [7, 11) is 1.35. The van der Waals surface area contributed by atoms with Crippen LogP contribution in [0.4, 0.5) is 5.69 Å². The van der Waals surface area contributed by atoms with Crippen LogP contribution in [0.5, 0.6) is 0 Å². The van der Waals surface area contributed by atoms with Crippen molar-refractivity contribution in [1.29, 1.82) is 0 Å². The average molecular weight is 191 g/mol.